The van der Waals surface area contributed by atoms with E-state index in [0.29, 0.717) is 37.8 Å². The molecule has 0 saturated carbocycles. The van der Waals surface area contributed by atoms with Crippen LogP contribution in [0.3, 0.4) is 0 Å². The molecule has 7 nitrogen and oxygen atoms in total. The number of carboxylic acid groups (broad SMARTS) is 1. The van der Waals surface area contributed by atoms with Crippen molar-refractivity contribution in [2.45, 2.75) is 0 Å². The van der Waals surface area contributed by atoms with Crippen LogP contribution < -0.4 is 10.5 Å². The number of aromatic nitrogens is 2. The zero-order chi connectivity index (χ0) is 16.2. The van der Waals surface area contributed by atoms with E-state index in [1.165, 1.54) is 6.07 Å². The van der Waals surface area contributed by atoms with Gasteiger partial charge in [0, 0.05) is 37.8 Å². The van der Waals surface area contributed by atoms with Gasteiger partial charge in [0.15, 0.2) is 0 Å². The zero-order valence-corrected chi connectivity index (χ0v) is 12.6. The number of nitrogens with zero attached hydrogens (tertiary/aromatic N) is 3. The number of piperazine rings is 1. The van der Waals surface area contributed by atoms with Crippen LogP contribution in [0, 0.1) is 0 Å². The van der Waals surface area contributed by atoms with Gasteiger partial charge in [-0.15, -0.1) is 0 Å². The average Bonchev–Trinajstić information content (AvgIpc) is 2.55. The summed E-state index contributed by atoms with van der Waals surface area (Å²) in [6, 6.07) is 11.0. The predicted molar refractivity (Wildman–Crippen MR) is 86.6 cm³/mol. The van der Waals surface area contributed by atoms with Gasteiger partial charge in [0.1, 0.15) is 0 Å². The quantitative estimate of drug-likeness (QED) is 0.861. The van der Waals surface area contributed by atoms with Gasteiger partial charge in [-0.2, -0.15) is 0 Å². The van der Waals surface area contributed by atoms with Gasteiger partial charge >= 0.3 is 5.97 Å². The van der Waals surface area contributed by atoms with Gasteiger partial charge in [-0.25, -0.2) is 4.98 Å². The second-order valence-corrected chi connectivity index (χ2v) is 5.48. The third kappa shape index (κ3) is 3.75. The summed E-state index contributed by atoms with van der Waals surface area (Å²) in [5.41, 5.74) is 1.34. The Labute approximate surface area is 133 Å². The molecule has 2 N–H and O–H groups in total. The van der Waals surface area contributed by atoms with Crippen LogP contribution in [0.1, 0.15) is 0 Å². The van der Waals surface area contributed by atoms with Gasteiger partial charge in [0.05, 0.1) is 12.2 Å². The van der Waals surface area contributed by atoms with Crippen molar-refractivity contribution in [2.24, 2.45) is 0 Å². The summed E-state index contributed by atoms with van der Waals surface area (Å²) in [4.78, 5) is 33.8. The van der Waals surface area contributed by atoms with Crippen LogP contribution >= 0.6 is 0 Å². The third-order valence-corrected chi connectivity index (χ3v) is 3.83. The lowest BCUT2D eigenvalue weighted by Gasteiger charge is -2.34. The Morgan fingerprint density at radius 3 is 2.52 bits per heavy atom. The van der Waals surface area contributed by atoms with E-state index in [1.54, 1.807) is 0 Å². The lowest BCUT2D eigenvalue weighted by atomic mass is 10.1. The molecule has 1 fully saturated rings. The van der Waals surface area contributed by atoms with E-state index < -0.39 is 5.97 Å². The smallest absolute Gasteiger partial charge is 0.317 e. The molecule has 1 aliphatic heterocycles. The van der Waals surface area contributed by atoms with Crippen molar-refractivity contribution in [3.63, 3.8) is 0 Å². The molecule has 1 aliphatic rings. The minimum Gasteiger partial charge on any atom is -0.480 e. The maximum Gasteiger partial charge on any atom is 0.317 e. The minimum atomic E-state index is -0.823. The second-order valence-electron chi connectivity index (χ2n) is 5.48. The molecule has 0 spiro atoms. The third-order valence-electron chi connectivity index (χ3n) is 3.83. The molecular formula is C16H18N4O3. The fourth-order valence-corrected chi connectivity index (χ4v) is 2.66. The molecule has 2 heterocycles. The van der Waals surface area contributed by atoms with E-state index in [4.69, 9.17) is 5.11 Å². The average molecular weight is 314 g/mol. The molecule has 7 heteroatoms. The Hall–Kier alpha value is -2.67. The molecule has 120 valence electrons. The molecule has 0 bridgehead atoms. The standard InChI is InChI=1S/C16H18N4O3/c21-14-10-13(12-4-2-1-3-5-12)17-16(18-14)20-8-6-19(7-9-20)11-15(22)23/h1-5,10H,6-9,11H2,(H,22,23)(H,17,18,21). The molecule has 0 amide bonds. The van der Waals surface area contributed by atoms with E-state index in [1.807, 2.05) is 40.1 Å². The summed E-state index contributed by atoms with van der Waals surface area (Å²) < 4.78 is 0. The Bertz CT molecular complexity index is 736. The van der Waals surface area contributed by atoms with Gasteiger partial charge in [-0.05, 0) is 0 Å². The van der Waals surface area contributed by atoms with Gasteiger partial charge in [0.2, 0.25) is 5.95 Å². The topological polar surface area (TPSA) is 89.5 Å². The number of carbonyl (C=O) groups is 1. The molecule has 1 aromatic heterocycles. The number of aliphatic carboxylic acids is 1. The highest BCUT2D eigenvalue weighted by molar-refractivity contribution is 5.69. The molecule has 0 unspecified atom stereocenters. The lowest BCUT2D eigenvalue weighted by molar-refractivity contribution is -0.138. The van der Waals surface area contributed by atoms with Crippen LogP contribution in [0.4, 0.5) is 5.95 Å². The van der Waals surface area contributed by atoms with Crippen LogP contribution in [0.15, 0.2) is 41.2 Å². The van der Waals surface area contributed by atoms with Crippen LogP contribution in [0.25, 0.3) is 11.3 Å². The van der Waals surface area contributed by atoms with Crippen molar-refractivity contribution in [1.29, 1.82) is 0 Å². The number of aromatic amines is 1. The summed E-state index contributed by atoms with van der Waals surface area (Å²) in [7, 11) is 0. The van der Waals surface area contributed by atoms with Crippen LogP contribution in [0.2, 0.25) is 0 Å². The summed E-state index contributed by atoms with van der Waals surface area (Å²) >= 11 is 0. The number of hydrogen-bond donors (Lipinski definition) is 2. The first-order valence-corrected chi connectivity index (χ1v) is 7.48. The van der Waals surface area contributed by atoms with Crippen LogP contribution in [-0.4, -0.2) is 58.7 Å². The Balaban J connectivity index is 1.78. The molecule has 23 heavy (non-hydrogen) atoms. The number of H-pyrrole nitrogens is 1. The van der Waals surface area contributed by atoms with Gasteiger partial charge < -0.3 is 10.0 Å². The summed E-state index contributed by atoms with van der Waals surface area (Å²) in [5.74, 6) is -0.289. The summed E-state index contributed by atoms with van der Waals surface area (Å²) in [5, 5.41) is 8.83. The van der Waals surface area contributed by atoms with Crippen molar-refractivity contribution in [3.8, 4) is 11.3 Å². The van der Waals surface area contributed by atoms with Crippen LogP contribution in [0.5, 0.6) is 0 Å². The first-order valence-electron chi connectivity index (χ1n) is 7.48. The van der Waals surface area contributed by atoms with Gasteiger partial charge in [-0.3, -0.25) is 19.5 Å². The fourth-order valence-electron chi connectivity index (χ4n) is 2.66. The summed E-state index contributed by atoms with van der Waals surface area (Å²) in [6.45, 7) is 2.57. The number of nitrogens with one attached hydrogen (secondary N) is 1. The van der Waals surface area contributed by atoms with Crippen molar-refractivity contribution >= 4 is 11.9 Å². The summed E-state index contributed by atoms with van der Waals surface area (Å²) in [6.07, 6.45) is 0. The van der Waals surface area contributed by atoms with Crippen molar-refractivity contribution in [3.05, 3.63) is 46.8 Å². The highest BCUT2D eigenvalue weighted by Gasteiger charge is 2.20. The molecule has 1 aromatic carbocycles. The first-order chi connectivity index (χ1) is 11.1. The van der Waals surface area contributed by atoms with E-state index in [9.17, 15) is 9.59 Å². The molecule has 3 rings (SSSR count). The van der Waals surface area contributed by atoms with E-state index in [0.717, 1.165) is 5.56 Å². The maximum absolute atomic E-state index is 11.9. The van der Waals surface area contributed by atoms with E-state index in [-0.39, 0.29) is 12.1 Å². The minimum absolute atomic E-state index is 0.0435. The maximum atomic E-state index is 11.9. The Morgan fingerprint density at radius 2 is 1.87 bits per heavy atom. The molecular weight excluding hydrogens is 296 g/mol. The van der Waals surface area contributed by atoms with E-state index in [2.05, 4.69) is 9.97 Å². The van der Waals surface area contributed by atoms with Crippen molar-refractivity contribution in [2.75, 3.05) is 37.6 Å². The second kappa shape index (κ2) is 6.62. The predicted octanol–water partition coefficient (Wildman–Crippen LogP) is 0.643. The zero-order valence-electron chi connectivity index (χ0n) is 12.6. The SMILES string of the molecule is O=C(O)CN1CCN(c2nc(-c3ccccc3)cc(=O)[nH]2)CC1. The van der Waals surface area contributed by atoms with Crippen molar-refractivity contribution in [1.82, 2.24) is 14.9 Å². The van der Waals surface area contributed by atoms with Crippen molar-refractivity contribution < 1.29 is 9.90 Å². The number of benzene rings is 1. The molecule has 0 aliphatic carbocycles. The monoisotopic (exact) mass is 314 g/mol. The van der Waals surface area contributed by atoms with Gasteiger partial charge in [-0.1, -0.05) is 30.3 Å². The van der Waals surface area contributed by atoms with E-state index >= 15 is 0 Å². The number of anilines is 1. The molecule has 0 radical (unpaired) electrons. The molecule has 2 aromatic rings. The molecule has 1 saturated heterocycles. The fraction of sp³-hybridized carbons (Fsp3) is 0.312. The lowest BCUT2D eigenvalue weighted by Crippen LogP contribution is -2.48. The number of hydrogen-bond acceptors (Lipinski definition) is 5. The Kier molecular flexibility index (Phi) is 4.38. The Morgan fingerprint density at radius 1 is 1.17 bits per heavy atom. The molecule has 0 atom stereocenters. The number of rotatable bonds is 4. The highest BCUT2D eigenvalue weighted by Crippen LogP contribution is 2.17. The number of carboxylic acids is 1. The van der Waals surface area contributed by atoms with Gasteiger partial charge in [0.25, 0.3) is 5.56 Å². The largest absolute Gasteiger partial charge is 0.480 e. The first kappa shape index (κ1) is 15.2. The highest BCUT2D eigenvalue weighted by atomic mass is 16.4. The normalized spacial score (nSPS) is 15.6. The van der Waals surface area contributed by atoms with Crippen LogP contribution in [-0.2, 0) is 4.79 Å².